The van der Waals surface area contributed by atoms with Crippen molar-refractivity contribution < 1.29 is 14.3 Å². The number of aryl methyl sites for hydroxylation is 1. The predicted octanol–water partition coefficient (Wildman–Crippen LogP) is 5.54. The number of rotatable bonds is 7. The number of carbonyl (C=O) groups excluding carboxylic acids is 2. The lowest BCUT2D eigenvalue weighted by atomic mass is 9.75. The van der Waals surface area contributed by atoms with E-state index in [0.717, 1.165) is 16.8 Å². The number of carbonyl (C=O) groups is 2. The van der Waals surface area contributed by atoms with Gasteiger partial charge in [0.15, 0.2) is 10.1 Å². The SMILES string of the molecule is COc1ccc(NC(=O)CSc2nnc(N3C(N)=C(C#N)C(c4cccc(C)c4)C4=C3CCCC4=O)s2)cc1Cl. The van der Waals surface area contributed by atoms with Crippen molar-refractivity contribution in [1.29, 1.82) is 5.26 Å². The van der Waals surface area contributed by atoms with Gasteiger partial charge in [-0.3, -0.25) is 14.5 Å². The van der Waals surface area contributed by atoms with Gasteiger partial charge in [-0.2, -0.15) is 5.26 Å². The van der Waals surface area contributed by atoms with Crippen molar-refractivity contribution in [3.8, 4) is 11.8 Å². The van der Waals surface area contributed by atoms with E-state index in [-0.39, 0.29) is 23.3 Å². The number of amides is 1. The number of nitrogens with two attached hydrogens (primary N) is 1. The smallest absolute Gasteiger partial charge is 0.234 e. The summed E-state index contributed by atoms with van der Waals surface area (Å²) in [5.74, 6) is 0.0901. The fourth-order valence-corrected chi connectivity index (χ4v) is 6.85. The van der Waals surface area contributed by atoms with E-state index in [9.17, 15) is 14.9 Å². The highest BCUT2D eigenvalue weighted by atomic mass is 35.5. The highest BCUT2D eigenvalue weighted by Crippen LogP contribution is 2.47. The largest absolute Gasteiger partial charge is 0.495 e. The zero-order valence-electron chi connectivity index (χ0n) is 21.7. The normalized spacial score (nSPS) is 17.0. The van der Waals surface area contributed by atoms with Crippen LogP contribution in [0.3, 0.4) is 0 Å². The summed E-state index contributed by atoms with van der Waals surface area (Å²) in [4.78, 5) is 27.5. The van der Waals surface area contributed by atoms with Crippen LogP contribution in [-0.2, 0) is 9.59 Å². The zero-order valence-corrected chi connectivity index (χ0v) is 24.1. The van der Waals surface area contributed by atoms with Crippen LogP contribution in [0.15, 0.2) is 69.5 Å². The topological polar surface area (TPSA) is 134 Å². The van der Waals surface area contributed by atoms with Gasteiger partial charge < -0.3 is 15.8 Å². The number of halogens is 1. The van der Waals surface area contributed by atoms with Crippen LogP contribution < -0.4 is 20.7 Å². The fraction of sp³-hybridized carbons (Fsp3) is 0.250. The molecule has 9 nitrogen and oxygen atoms in total. The van der Waals surface area contributed by atoms with Crippen molar-refractivity contribution in [1.82, 2.24) is 10.2 Å². The van der Waals surface area contributed by atoms with E-state index in [1.807, 2.05) is 31.2 Å². The third-order valence-corrected chi connectivity index (χ3v) is 8.98. The third-order valence-electron chi connectivity index (χ3n) is 6.64. The molecule has 0 bridgehead atoms. The van der Waals surface area contributed by atoms with Crippen LogP contribution in [0, 0.1) is 18.3 Å². The molecule has 0 saturated carbocycles. The molecule has 1 unspecified atom stereocenters. The second-order valence-electron chi connectivity index (χ2n) is 9.27. The molecule has 204 valence electrons. The zero-order chi connectivity index (χ0) is 28.4. The maximum Gasteiger partial charge on any atom is 0.234 e. The first-order chi connectivity index (χ1) is 19.3. The number of methoxy groups -OCH3 is 1. The summed E-state index contributed by atoms with van der Waals surface area (Å²) >= 11 is 8.61. The molecule has 3 N–H and O–H groups in total. The number of nitrogens with zero attached hydrogens (tertiary/aromatic N) is 4. The van der Waals surface area contributed by atoms with Crippen LogP contribution in [0.1, 0.15) is 36.3 Å². The Morgan fingerprint density at radius 2 is 2.12 bits per heavy atom. The van der Waals surface area contributed by atoms with Gasteiger partial charge in [0.1, 0.15) is 11.6 Å². The number of hydrogen-bond acceptors (Lipinski definition) is 10. The molecule has 2 aliphatic rings. The second kappa shape index (κ2) is 11.7. The van der Waals surface area contributed by atoms with Crippen molar-refractivity contribution in [2.75, 3.05) is 23.1 Å². The Balaban J connectivity index is 1.39. The third kappa shape index (κ3) is 5.43. The first-order valence-electron chi connectivity index (χ1n) is 12.4. The van der Waals surface area contributed by atoms with Gasteiger partial charge in [0, 0.05) is 23.4 Å². The van der Waals surface area contributed by atoms with Gasteiger partial charge in [0.05, 0.1) is 35.4 Å². The van der Waals surface area contributed by atoms with Gasteiger partial charge in [-0.1, -0.05) is 64.5 Å². The van der Waals surface area contributed by atoms with Crippen LogP contribution in [0.2, 0.25) is 5.02 Å². The van der Waals surface area contributed by atoms with Gasteiger partial charge in [-0.05, 0) is 43.5 Å². The molecular formula is C28H25ClN6O3S2. The predicted molar refractivity (Wildman–Crippen MR) is 156 cm³/mol. The lowest BCUT2D eigenvalue weighted by Crippen LogP contribution is -2.38. The number of Topliss-reactive ketones (excluding diaryl/α,β-unsaturated/α-hetero) is 1. The van der Waals surface area contributed by atoms with E-state index in [4.69, 9.17) is 22.1 Å². The Morgan fingerprint density at radius 1 is 1.30 bits per heavy atom. The van der Waals surface area contributed by atoms with Crippen LogP contribution >= 0.6 is 34.7 Å². The number of ether oxygens (including phenoxy) is 1. The summed E-state index contributed by atoms with van der Waals surface area (Å²) in [5, 5.41) is 22.4. The Bertz CT molecular complexity index is 1610. The maximum absolute atomic E-state index is 13.3. The summed E-state index contributed by atoms with van der Waals surface area (Å²) in [5.41, 5.74) is 10.7. The summed E-state index contributed by atoms with van der Waals surface area (Å²) in [6.45, 7) is 1.97. The molecule has 0 spiro atoms. The summed E-state index contributed by atoms with van der Waals surface area (Å²) in [6.07, 6.45) is 1.72. The van der Waals surface area contributed by atoms with Crippen LogP contribution in [0.5, 0.6) is 5.75 Å². The highest BCUT2D eigenvalue weighted by Gasteiger charge is 2.41. The van der Waals surface area contributed by atoms with E-state index in [1.54, 1.807) is 23.1 Å². The average Bonchev–Trinajstić information content (AvgIpc) is 3.40. The number of benzene rings is 2. The van der Waals surface area contributed by atoms with Crippen molar-refractivity contribution in [3.63, 3.8) is 0 Å². The lowest BCUT2D eigenvalue weighted by molar-refractivity contribution is -0.116. The molecule has 1 aromatic heterocycles. The molecule has 3 aromatic rings. The van der Waals surface area contributed by atoms with Crippen molar-refractivity contribution >= 4 is 57.2 Å². The maximum atomic E-state index is 13.3. The first kappa shape index (κ1) is 27.7. The minimum Gasteiger partial charge on any atom is -0.495 e. The lowest BCUT2D eigenvalue weighted by Gasteiger charge is -2.38. The molecule has 40 heavy (non-hydrogen) atoms. The average molecular weight is 593 g/mol. The Labute approximate surface area is 244 Å². The quantitative estimate of drug-likeness (QED) is 0.339. The van der Waals surface area contributed by atoms with Crippen molar-refractivity contribution in [3.05, 3.63) is 81.3 Å². The molecule has 1 aliphatic carbocycles. The number of allylic oxidation sites excluding steroid dienone is 3. The molecule has 1 amide bonds. The molecule has 0 fully saturated rings. The number of aromatic nitrogens is 2. The number of thioether (sulfide) groups is 1. The van der Waals surface area contributed by atoms with E-state index < -0.39 is 5.92 Å². The van der Waals surface area contributed by atoms with Crippen molar-refractivity contribution in [2.24, 2.45) is 5.73 Å². The van der Waals surface area contributed by atoms with Gasteiger partial charge in [-0.15, -0.1) is 10.2 Å². The molecule has 0 saturated heterocycles. The van der Waals surface area contributed by atoms with E-state index >= 15 is 0 Å². The van der Waals surface area contributed by atoms with Gasteiger partial charge >= 0.3 is 0 Å². The minimum absolute atomic E-state index is 0.00688. The summed E-state index contributed by atoms with van der Waals surface area (Å²) in [7, 11) is 1.52. The molecular weight excluding hydrogens is 568 g/mol. The van der Waals surface area contributed by atoms with Gasteiger partial charge in [0.2, 0.25) is 11.0 Å². The van der Waals surface area contributed by atoms with Crippen LogP contribution in [0.4, 0.5) is 10.8 Å². The monoisotopic (exact) mass is 592 g/mol. The van der Waals surface area contributed by atoms with E-state index in [1.165, 1.54) is 30.2 Å². The van der Waals surface area contributed by atoms with E-state index in [0.29, 0.717) is 56.3 Å². The number of nitriles is 1. The Morgan fingerprint density at radius 3 is 2.85 bits per heavy atom. The second-order valence-corrected chi connectivity index (χ2v) is 11.9. The van der Waals surface area contributed by atoms with Crippen molar-refractivity contribution in [2.45, 2.75) is 36.4 Å². The first-order valence-corrected chi connectivity index (χ1v) is 14.6. The standard InChI is InChI=1S/C28H25ClN6O3S2/c1-15-5-3-6-16(11-15)24-18(13-30)26(31)35(20-7-4-8-21(36)25(20)24)27-33-34-28(40-27)39-14-23(37)32-17-9-10-22(38-2)19(29)12-17/h3,5-6,9-12,24H,4,7-8,14,31H2,1-2H3,(H,32,37). The number of hydrogen-bond donors (Lipinski definition) is 2. The Kier molecular flexibility index (Phi) is 8.12. The molecule has 0 radical (unpaired) electrons. The number of ketones is 1. The summed E-state index contributed by atoms with van der Waals surface area (Å²) < 4.78 is 5.69. The summed E-state index contributed by atoms with van der Waals surface area (Å²) in [6, 6.07) is 15.1. The number of anilines is 2. The fourth-order valence-electron chi connectivity index (χ4n) is 4.91. The van der Waals surface area contributed by atoms with E-state index in [2.05, 4.69) is 21.6 Å². The molecule has 2 aromatic carbocycles. The van der Waals surface area contributed by atoms with Crippen LogP contribution in [0.25, 0.3) is 0 Å². The van der Waals surface area contributed by atoms with Crippen LogP contribution in [-0.4, -0.2) is 34.8 Å². The molecule has 5 rings (SSSR count). The molecule has 12 heteroatoms. The molecule has 1 aliphatic heterocycles. The minimum atomic E-state index is -0.527. The van der Waals surface area contributed by atoms with Gasteiger partial charge in [-0.25, -0.2) is 0 Å². The Hall–Kier alpha value is -3.85. The highest BCUT2D eigenvalue weighted by molar-refractivity contribution is 8.01. The molecule has 1 atom stereocenters. The molecule has 2 heterocycles. The number of nitrogens with one attached hydrogen (secondary N) is 1. The van der Waals surface area contributed by atoms with Gasteiger partial charge in [0.25, 0.3) is 0 Å².